The molecule has 0 spiro atoms. The molecule has 4 rings (SSSR count). The molecule has 0 radical (unpaired) electrons. The molecule has 0 aliphatic rings. The van der Waals surface area contributed by atoms with Crippen LogP contribution in [0.1, 0.15) is 20.7 Å². The van der Waals surface area contributed by atoms with Crippen LogP contribution in [0.15, 0.2) is 103 Å². The lowest BCUT2D eigenvalue weighted by molar-refractivity contribution is -0.432. The van der Waals surface area contributed by atoms with Crippen LogP contribution in [0.4, 0.5) is 22.7 Å². The molecule has 4 aromatic carbocycles. The van der Waals surface area contributed by atoms with Crippen molar-refractivity contribution in [2.45, 2.75) is 9.79 Å². The molecule has 0 saturated carbocycles. The fourth-order valence-corrected chi connectivity index (χ4v) is 4.74. The second kappa shape index (κ2) is 13.4. The molecule has 0 bridgehead atoms. The van der Waals surface area contributed by atoms with Crippen molar-refractivity contribution < 1.29 is 57.6 Å². The highest BCUT2D eigenvalue weighted by Crippen LogP contribution is 2.38. The highest BCUT2D eigenvalue weighted by molar-refractivity contribution is 7.94. The van der Waals surface area contributed by atoms with Gasteiger partial charge in [-0.2, -0.15) is 18.6 Å². The zero-order valence-electron chi connectivity index (χ0n) is 21.7. The van der Waals surface area contributed by atoms with Crippen molar-refractivity contribution in [2.75, 3.05) is 0 Å². The summed E-state index contributed by atoms with van der Waals surface area (Å²) in [6.45, 7) is 0. The van der Waals surface area contributed by atoms with E-state index in [2.05, 4.69) is 29.8 Å². The molecule has 226 valence electrons. The molecule has 0 amide bonds. The van der Waals surface area contributed by atoms with Gasteiger partial charge in [-0.15, -0.1) is 14.6 Å². The van der Waals surface area contributed by atoms with Gasteiger partial charge in [-0.1, -0.05) is 17.2 Å². The van der Waals surface area contributed by atoms with E-state index in [4.69, 9.17) is 10.4 Å². The van der Waals surface area contributed by atoms with Crippen molar-refractivity contribution in [1.29, 1.82) is 0 Å². The number of azo groups is 2. The van der Waals surface area contributed by atoms with Gasteiger partial charge in [-0.05, 0) is 71.8 Å². The van der Waals surface area contributed by atoms with Gasteiger partial charge < -0.3 is 20.4 Å². The number of aromatic carboxylic acids is 2. The first-order valence-electron chi connectivity index (χ1n) is 11.7. The van der Waals surface area contributed by atoms with E-state index in [1.54, 1.807) is 0 Å². The minimum atomic E-state index is -4.85. The Morgan fingerprint density at radius 3 is 1.68 bits per heavy atom. The molecule has 0 atom stereocenters. The van der Waals surface area contributed by atoms with Crippen LogP contribution in [0.5, 0.6) is 11.5 Å². The molecule has 0 aliphatic carbocycles. The summed E-state index contributed by atoms with van der Waals surface area (Å²) >= 11 is 0.503. The molecular weight excluding hydrogens is 624 g/mol. The molecule has 6 N–H and O–H groups in total. The topological polar surface area (TPSA) is 258 Å². The third kappa shape index (κ3) is 7.58. The molecular formula is C26H18N4O12S2. The Morgan fingerprint density at radius 1 is 0.682 bits per heavy atom. The van der Waals surface area contributed by atoms with Crippen LogP contribution in [0.25, 0.3) is 11.1 Å². The fourth-order valence-electron chi connectivity index (χ4n) is 3.62. The summed E-state index contributed by atoms with van der Waals surface area (Å²) in [6.07, 6.45) is 0. The van der Waals surface area contributed by atoms with Gasteiger partial charge in [0.25, 0.3) is 10.1 Å². The zero-order chi connectivity index (χ0) is 32.0. The first-order valence-corrected chi connectivity index (χ1v) is 13.9. The molecule has 0 heterocycles. The number of hydrogen-bond donors (Lipinski definition) is 6. The summed E-state index contributed by atoms with van der Waals surface area (Å²) in [5.41, 5.74) is -0.286. The third-order valence-corrected chi connectivity index (χ3v) is 7.17. The summed E-state index contributed by atoms with van der Waals surface area (Å²) in [4.78, 5) is 22.1. The Labute approximate surface area is 251 Å². The number of aromatic hydroxyl groups is 2. The molecule has 0 fully saturated rings. The second-order valence-corrected chi connectivity index (χ2v) is 10.6. The molecule has 0 aliphatic heterocycles. The number of carboxylic acids is 2. The predicted molar refractivity (Wildman–Crippen MR) is 151 cm³/mol. The Balaban J connectivity index is 1.70. The number of benzene rings is 4. The van der Waals surface area contributed by atoms with Crippen molar-refractivity contribution in [3.05, 3.63) is 83.9 Å². The number of phenols is 2. The van der Waals surface area contributed by atoms with Crippen molar-refractivity contribution in [1.82, 2.24) is 0 Å². The van der Waals surface area contributed by atoms with Crippen LogP contribution in [0.2, 0.25) is 0 Å². The summed E-state index contributed by atoms with van der Waals surface area (Å²) in [5, 5.41) is 65.6. The summed E-state index contributed by atoms with van der Waals surface area (Å²) < 4.78 is 38.8. The first kappa shape index (κ1) is 31.7. The molecule has 18 heteroatoms. The average Bonchev–Trinajstić information content (AvgIpc) is 2.98. The molecule has 16 nitrogen and oxygen atoms in total. The Kier molecular flexibility index (Phi) is 9.63. The maximum absolute atomic E-state index is 12.2. The third-order valence-electron chi connectivity index (χ3n) is 5.65. The zero-order valence-corrected chi connectivity index (χ0v) is 23.3. The normalized spacial score (nSPS) is 11.8. The number of carbonyl (C=O) groups is 2. The van der Waals surface area contributed by atoms with E-state index < -0.39 is 49.6 Å². The van der Waals surface area contributed by atoms with Gasteiger partial charge in [0.05, 0.1) is 28.3 Å². The fraction of sp³-hybridized carbons (Fsp3) is 0. The van der Waals surface area contributed by atoms with Crippen molar-refractivity contribution in [2.24, 2.45) is 20.5 Å². The van der Waals surface area contributed by atoms with Gasteiger partial charge in [0.2, 0.25) is 0 Å². The predicted octanol–water partition coefficient (Wildman–Crippen LogP) is 6.67. The molecule has 0 unspecified atom stereocenters. The van der Waals surface area contributed by atoms with Crippen molar-refractivity contribution in [3.63, 3.8) is 0 Å². The minimum absolute atomic E-state index is 0.0189. The minimum Gasteiger partial charge on any atom is -0.507 e. The van der Waals surface area contributed by atoms with Crippen LogP contribution in [0, 0.1) is 0 Å². The van der Waals surface area contributed by atoms with E-state index in [9.17, 15) is 37.9 Å². The van der Waals surface area contributed by atoms with E-state index in [1.807, 2.05) is 0 Å². The number of hydrogen-bond acceptors (Lipinski definition) is 14. The van der Waals surface area contributed by atoms with Gasteiger partial charge in [-0.3, -0.25) is 4.55 Å². The maximum atomic E-state index is 12.2. The molecule has 0 saturated heterocycles. The molecule has 0 aromatic heterocycles. The van der Waals surface area contributed by atoms with E-state index in [1.165, 1.54) is 42.5 Å². The lowest BCUT2D eigenvalue weighted by Crippen LogP contribution is -1.99. The van der Waals surface area contributed by atoms with Gasteiger partial charge in [0, 0.05) is 0 Å². The maximum Gasteiger partial charge on any atom is 0.339 e. The monoisotopic (exact) mass is 642 g/mol. The van der Waals surface area contributed by atoms with Gasteiger partial charge >= 0.3 is 11.9 Å². The lowest BCUT2D eigenvalue weighted by atomic mass is 10.0. The summed E-state index contributed by atoms with van der Waals surface area (Å²) in [6, 6.07) is 15.1. The van der Waals surface area contributed by atoms with Crippen LogP contribution in [-0.2, 0) is 19.5 Å². The molecule has 4 aromatic rings. The number of carboxylic acid groups (broad SMARTS) is 2. The van der Waals surface area contributed by atoms with E-state index in [0.29, 0.717) is 17.6 Å². The molecule has 44 heavy (non-hydrogen) atoms. The smallest absolute Gasteiger partial charge is 0.339 e. The van der Waals surface area contributed by atoms with Crippen LogP contribution < -0.4 is 0 Å². The van der Waals surface area contributed by atoms with E-state index in [-0.39, 0.29) is 33.2 Å². The largest absolute Gasteiger partial charge is 0.507 e. The lowest BCUT2D eigenvalue weighted by Gasteiger charge is -2.09. The number of nitrogens with zero attached hydrogens (tertiary/aromatic N) is 4. The highest BCUT2D eigenvalue weighted by atomic mass is 32.2. The standard InChI is InChI=1S/C26H18N4O12S2/c31-21-7-3-15(11-17(21)25(33)34)27-29-19-5-1-13(9-23(19)43-42-41-37)14-2-6-20(24(10-14)44(38,39)40)30-28-16-4-8-22(32)18(12-16)26(35)36/h1-12,31-32,37H,(H,33,34)(H,35,36)(H,38,39,40). The van der Waals surface area contributed by atoms with Crippen LogP contribution in [-0.4, -0.2) is 50.6 Å². The summed E-state index contributed by atoms with van der Waals surface area (Å²) in [7, 11) is -4.85. The van der Waals surface area contributed by atoms with E-state index >= 15 is 0 Å². The Hall–Kier alpha value is -5.24. The average molecular weight is 643 g/mol. The Morgan fingerprint density at radius 2 is 1.18 bits per heavy atom. The summed E-state index contributed by atoms with van der Waals surface area (Å²) in [5.74, 6) is -3.77. The van der Waals surface area contributed by atoms with Gasteiger partial charge in [0.15, 0.2) is 0 Å². The van der Waals surface area contributed by atoms with Gasteiger partial charge in [0.1, 0.15) is 38.9 Å². The van der Waals surface area contributed by atoms with Crippen LogP contribution >= 0.6 is 12.0 Å². The SMILES string of the molecule is O=C(O)c1cc(N=Nc2ccc(-c3ccc(N=Nc4ccc(O)c(C(=O)O)c4)c(S(=O)(=O)O)c3)cc2SOOO)ccc1O. The van der Waals surface area contributed by atoms with E-state index in [0.717, 1.165) is 30.3 Å². The first-order chi connectivity index (χ1) is 20.9. The quantitative estimate of drug-likeness (QED) is 0.0329. The van der Waals surface area contributed by atoms with Gasteiger partial charge in [-0.25, -0.2) is 14.8 Å². The van der Waals surface area contributed by atoms with Crippen molar-refractivity contribution in [3.8, 4) is 22.6 Å². The number of rotatable bonds is 11. The Bertz CT molecular complexity index is 1930. The highest BCUT2D eigenvalue weighted by Gasteiger charge is 2.19. The second-order valence-electron chi connectivity index (χ2n) is 8.48. The van der Waals surface area contributed by atoms with Crippen molar-refractivity contribution >= 4 is 56.8 Å². The van der Waals surface area contributed by atoms with Crippen LogP contribution in [0.3, 0.4) is 0 Å².